The highest BCUT2D eigenvalue weighted by Crippen LogP contribution is 2.16. The summed E-state index contributed by atoms with van der Waals surface area (Å²) in [5.41, 5.74) is 2.80. The monoisotopic (exact) mass is 405 g/mol. The maximum absolute atomic E-state index is 13.0. The molecule has 1 fully saturated rings. The summed E-state index contributed by atoms with van der Waals surface area (Å²) in [6.45, 7) is 5.49. The summed E-state index contributed by atoms with van der Waals surface area (Å²) in [4.78, 5) is 33.9. The molecule has 1 aliphatic heterocycles. The molecule has 1 aliphatic rings. The smallest absolute Gasteiger partial charge is 0.317 e. The van der Waals surface area contributed by atoms with Gasteiger partial charge in [-0.25, -0.2) is 9.78 Å². The minimum Gasteiger partial charge on any atom is -0.348 e. The molecule has 0 bridgehead atoms. The Bertz CT molecular complexity index is 1070. The molecule has 0 aliphatic carbocycles. The summed E-state index contributed by atoms with van der Waals surface area (Å²) in [5, 5.41) is 3.00. The van der Waals surface area contributed by atoms with Gasteiger partial charge in [0.2, 0.25) is 0 Å². The normalized spacial score (nSPS) is 14.2. The predicted molar refractivity (Wildman–Crippen MR) is 119 cm³/mol. The molecule has 2 heterocycles. The van der Waals surface area contributed by atoms with Crippen LogP contribution in [0.1, 0.15) is 12.5 Å². The lowest BCUT2D eigenvalue weighted by atomic mass is 10.1. The minimum atomic E-state index is -0.0723. The van der Waals surface area contributed by atoms with E-state index < -0.39 is 0 Å². The van der Waals surface area contributed by atoms with Crippen molar-refractivity contribution in [3.05, 3.63) is 70.5 Å². The standard InChI is InChI=1S/C23H27N5O2/c1-2-28-20-11-7-6-10-19(20)25-21(22(28)29)26-14-16-27(17-15-26)23(30)24-13-12-18-8-4-3-5-9-18/h3-11H,2,12-17H2,1H3,(H,24,30). The maximum atomic E-state index is 13.0. The van der Waals surface area contributed by atoms with E-state index in [0.717, 1.165) is 17.5 Å². The molecule has 0 unspecified atom stereocenters. The third-order valence-corrected chi connectivity index (χ3v) is 5.55. The third-order valence-electron chi connectivity index (χ3n) is 5.55. The van der Waals surface area contributed by atoms with Gasteiger partial charge in [-0.05, 0) is 31.0 Å². The lowest BCUT2D eigenvalue weighted by Gasteiger charge is -2.35. The number of nitrogens with zero attached hydrogens (tertiary/aromatic N) is 4. The Morgan fingerprint density at radius 2 is 1.70 bits per heavy atom. The van der Waals surface area contributed by atoms with Crippen LogP contribution in [0.3, 0.4) is 0 Å². The third kappa shape index (κ3) is 4.15. The van der Waals surface area contributed by atoms with E-state index in [1.165, 1.54) is 5.56 Å². The molecule has 30 heavy (non-hydrogen) atoms. The quantitative estimate of drug-likeness (QED) is 0.708. The fourth-order valence-corrected chi connectivity index (χ4v) is 3.89. The number of hydrogen-bond donors (Lipinski definition) is 1. The van der Waals surface area contributed by atoms with E-state index in [-0.39, 0.29) is 11.6 Å². The van der Waals surface area contributed by atoms with E-state index in [9.17, 15) is 9.59 Å². The number of hydrogen-bond acceptors (Lipinski definition) is 4. The van der Waals surface area contributed by atoms with Crippen LogP contribution in [-0.2, 0) is 13.0 Å². The van der Waals surface area contributed by atoms with Gasteiger partial charge in [0.1, 0.15) is 0 Å². The Morgan fingerprint density at radius 1 is 1.00 bits per heavy atom. The van der Waals surface area contributed by atoms with Crippen molar-refractivity contribution in [2.75, 3.05) is 37.6 Å². The van der Waals surface area contributed by atoms with Gasteiger partial charge in [0.25, 0.3) is 5.56 Å². The number of rotatable bonds is 5. The van der Waals surface area contributed by atoms with Gasteiger partial charge in [0.05, 0.1) is 11.0 Å². The number of anilines is 1. The zero-order valence-electron chi connectivity index (χ0n) is 17.3. The first-order chi connectivity index (χ1) is 14.7. The Hall–Kier alpha value is -3.35. The van der Waals surface area contributed by atoms with Crippen molar-refractivity contribution >= 4 is 22.9 Å². The van der Waals surface area contributed by atoms with Gasteiger partial charge in [0, 0.05) is 39.3 Å². The number of nitrogens with one attached hydrogen (secondary N) is 1. The molecule has 7 nitrogen and oxygen atoms in total. The zero-order valence-corrected chi connectivity index (χ0v) is 17.3. The van der Waals surface area contributed by atoms with E-state index in [1.54, 1.807) is 9.47 Å². The number of carbonyl (C=O) groups is 1. The summed E-state index contributed by atoms with van der Waals surface area (Å²) >= 11 is 0. The van der Waals surface area contributed by atoms with E-state index in [1.807, 2.05) is 54.3 Å². The molecule has 0 spiro atoms. The van der Waals surface area contributed by atoms with Crippen LogP contribution in [0, 0.1) is 0 Å². The van der Waals surface area contributed by atoms with E-state index in [0.29, 0.717) is 45.1 Å². The largest absolute Gasteiger partial charge is 0.348 e. The first-order valence-electron chi connectivity index (χ1n) is 10.5. The average Bonchev–Trinajstić information content (AvgIpc) is 2.79. The molecule has 156 valence electrons. The van der Waals surface area contributed by atoms with Crippen LogP contribution in [0.4, 0.5) is 10.6 Å². The molecule has 2 amide bonds. The van der Waals surface area contributed by atoms with Crippen molar-refractivity contribution in [2.24, 2.45) is 0 Å². The van der Waals surface area contributed by atoms with Crippen LogP contribution >= 0.6 is 0 Å². The molecule has 0 radical (unpaired) electrons. The molecule has 1 N–H and O–H groups in total. The number of urea groups is 1. The molecule has 3 aromatic rings. The number of carbonyl (C=O) groups excluding carboxylic acids is 1. The first kappa shape index (κ1) is 19.9. The van der Waals surface area contributed by atoms with Crippen LogP contribution in [0.2, 0.25) is 0 Å². The minimum absolute atomic E-state index is 0.0528. The summed E-state index contributed by atoms with van der Waals surface area (Å²) in [6.07, 6.45) is 0.810. The Balaban J connectivity index is 1.38. The second-order valence-corrected chi connectivity index (χ2v) is 7.42. The van der Waals surface area contributed by atoms with Crippen LogP contribution in [0.15, 0.2) is 59.4 Å². The van der Waals surface area contributed by atoms with Gasteiger partial charge in [-0.3, -0.25) is 4.79 Å². The summed E-state index contributed by atoms with van der Waals surface area (Å²) < 4.78 is 1.76. The number of aromatic nitrogens is 2. The highest BCUT2D eigenvalue weighted by Gasteiger charge is 2.24. The molecule has 0 saturated carbocycles. The van der Waals surface area contributed by atoms with Crippen molar-refractivity contribution in [1.82, 2.24) is 19.8 Å². The number of fused-ring (bicyclic) bond motifs is 1. The number of para-hydroxylation sites is 2. The summed E-state index contributed by atoms with van der Waals surface area (Å²) in [7, 11) is 0. The highest BCUT2D eigenvalue weighted by atomic mass is 16.2. The highest BCUT2D eigenvalue weighted by molar-refractivity contribution is 5.77. The second-order valence-electron chi connectivity index (χ2n) is 7.42. The Kier molecular flexibility index (Phi) is 5.97. The predicted octanol–water partition coefficient (Wildman–Crippen LogP) is 2.49. The number of aryl methyl sites for hydroxylation is 1. The Morgan fingerprint density at radius 3 is 2.43 bits per heavy atom. The molecule has 7 heteroatoms. The van der Waals surface area contributed by atoms with Gasteiger partial charge in [-0.1, -0.05) is 42.5 Å². The molecule has 0 atom stereocenters. The topological polar surface area (TPSA) is 70.5 Å². The van der Waals surface area contributed by atoms with Crippen LogP contribution in [0.25, 0.3) is 11.0 Å². The van der Waals surface area contributed by atoms with Crippen LogP contribution < -0.4 is 15.8 Å². The van der Waals surface area contributed by atoms with Crippen molar-refractivity contribution in [3.63, 3.8) is 0 Å². The maximum Gasteiger partial charge on any atom is 0.317 e. The van der Waals surface area contributed by atoms with E-state index in [2.05, 4.69) is 22.4 Å². The lowest BCUT2D eigenvalue weighted by Crippen LogP contribution is -2.53. The zero-order chi connectivity index (χ0) is 20.9. The van der Waals surface area contributed by atoms with E-state index >= 15 is 0 Å². The first-order valence-corrected chi connectivity index (χ1v) is 10.5. The molecule has 1 saturated heterocycles. The fourth-order valence-electron chi connectivity index (χ4n) is 3.89. The van der Waals surface area contributed by atoms with Crippen molar-refractivity contribution in [2.45, 2.75) is 19.9 Å². The van der Waals surface area contributed by atoms with Gasteiger partial charge < -0.3 is 19.7 Å². The SMILES string of the molecule is CCn1c(=O)c(N2CCN(C(=O)NCCc3ccccc3)CC2)nc2ccccc21. The second kappa shape index (κ2) is 8.98. The fraction of sp³-hybridized carbons (Fsp3) is 0.348. The summed E-state index contributed by atoms with van der Waals surface area (Å²) in [6, 6.07) is 17.8. The number of piperazine rings is 1. The molecular weight excluding hydrogens is 378 g/mol. The van der Waals surface area contributed by atoms with Gasteiger partial charge in [-0.2, -0.15) is 0 Å². The molecular formula is C23H27N5O2. The van der Waals surface area contributed by atoms with Crippen molar-refractivity contribution < 1.29 is 4.79 Å². The lowest BCUT2D eigenvalue weighted by molar-refractivity contribution is 0.194. The van der Waals surface area contributed by atoms with Crippen LogP contribution in [0.5, 0.6) is 0 Å². The number of amides is 2. The Labute approximate surface area is 175 Å². The molecule has 4 rings (SSSR count). The van der Waals surface area contributed by atoms with Gasteiger partial charge in [0.15, 0.2) is 5.82 Å². The molecule has 1 aromatic heterocycles. The van der Waals surface area contributed by atoms with Crippen molar-refractivity contribution in [3.8, 4) is 0 Å². The average molecular weight is 406 g/mol. The van der Waals surface area contributed by atoms with Crippen LogP contribution in [-0.4, -0.2) is 53.2 Å². The van der Waals surface area contributed by atoms with Gasteiger partial charge >= 0.3 is 6.03 Å². The molecule has 2 aromatic carbocycles. The van der Waals surface area contributed by atoms with E-state index in [4.69, 9.17) is 0 Å². The summed E-state index contributed by atoms with van der Waals surface area (Å²) in [5.74, 6) is 0.472. The van der Waals surface area contributed by atoms with Gasteiger partial charge in [-0.15, -0.1) is 0 Å². The van der Waals surface area contributed by atoms with Crippen molar-refractivity contribution in [1.29, 1.82) is 0 Å². The number of benzene rings is 2.